The SMILES string of the molecule is C=C(c1ccccc1)[C@@H]1CCCN(C(=O)OC(C)(C)C)C1. The van der Waals surface area contributed by atoms with Crippen molar-refractivity contribution in [2.24, 2.45) is 5.92 Å². The zero-order valence-electron chi connectivity index (χ0n) is 13.3. The zero-order chi connectivity index (χ0) is 15.5. The van der Waals surface area contributed by atoms with Gasteiger partial charge in [-0.25, -0.2) is 4.79 Å². The first kappa shape index (κ1) is 15.6. The minimum Gasteiger partial charge on any atom is -0.444 e. The zero-order valence-corrected chi connectivity index (χ0v) is 13.3. The average Bonchev–Trinajstić information content (AvgIpc) is 2.46. The summed E-state index contributed by atoms with van der Waals surface area (Å²) in [6.07, 6.45) is 1.86. The molecule has 1 saturated heterocycles. The third-order valence-electron chi connectivity index (χ3n) is 3.71. The molecule has 0 bridgehead atoms. The molecule has 114 valence electrons. The van der Waals surface area contributed by atoms with Crippen molar-refractivity contribution in [2.75, 3.05) is 13.1 Å². The summed E-state index contributed by atoms with van der Waals surface area (Å²) in [5.74, 6) is 0.314. The lowest BCUT2D eigenvalue weighted by atomic mass is 9.87. The Labute approximate surface area is 127 Å². The van der Waals surface area contributed by atoms with Crippen LogP contribution in [0, 0.1) is 5.92 Å². The van der Waals surface area contributed by atoms with E-state index in [9.17, 15) is 4.79 Å². The Hall–Kier alpha value is -1.77. The first-order valence-electron chi connectivity index (χ1n) is 7.59. The summed E-state index contributed by atoms with van der Waals surface area (Å²) in [7, 11) is 0. The van der Waals surface area contributed by atoms with Crippen LogP contribution in [0.15, 0.2) is 36.9 Å². The first-order chi connectivity index (χ1) is 9.87. The summed E-state index contributed by atoms with van der Waals surface area (Å²) in [4.78, 5) is 14.0. The molecule has 3 heteroatoms. The fraction of sp³-hybridized carbons (Fsp3) is 0.500. The van der Waals surface area contributed by atoms with Gasteiger partial charge in [-0.05, 0) is 44.7 Å². The summed E-state index contributed by atoms with van der Waals surface area (Å²) in [5, 5.41) is 0. The van der Waals surface area contributed by atoms with Crippen molar-refractivity contribution in [1.82, 2.24) is 4.90 Å². The molecule has 0 unspecified atom stereocenters. The minimum absolute atomic E-state index is 0.215. The molecule has 1 heterocycles. The van der Waals surface area contributed by atoms with E-state index in [4.69, 9.17) is 4.74 Å². The maximum absolute atomic E-state index is 12.2. The third-order valence-corrected chi connectivity index (χ3v) is 3.71. The van der Waals surface area contributed by atoms with Crippen molar-refractivity contribution in [3.8, 4) is 0 Å². The van der Waals surface area contributed by atoms with Crippen LogP contribution in [-0.2, 0) is 4.74 Å². The molecule has 3 nitrogen and oxygen atoms in total. The maximum Gasteiger partial charge on any atom is 0.410 e. The summed E-state index contributed by atoms with van der Waals surface area (Å²) in [5.41, 5.74) is 1.83. The summed E-state index contributed by atoms with van der Waals surface area (Å²) >= 11 is 0. The molecule has 2 rings (SSSR count). The number of ether oxygens (including phenoxy) is 1. The van der Waals surface area contributed by atoms with Gasteiger partial charge in [0.2, 0.25) is 0 Å². The van der Waals surface area contributed by atoms with Crippen LogP contribution in [0.3, 0.4) is 0 Å². The van der Waals surface area contributed by atoms with Crippen LogP contribution in [0.4, 0.5) is 4.79 Å². The molecular weight excluding hydrogens is 262 g/mol. The van der Waals surface area contributed by atoms with Crippen LogP contribution in [-0.4, -0.2) is 29.7 Å². The van der Waals surface area contributed by atoms with E-state index < -0.39 is 5.60 Å². The molecule has 21 heavy (non-hydrogen) atoms. The van der Waals surface area contributed by atoms with Crippen LogP contribution in [0.2, 0.25) is 0 Å². The van der Waals surface area contributed by atoms with E-state index in [1.54, 1.807) is 0 Å². The maximum atomic E-state index is 12.2. The number of amides is 1. The Morgan fingerprint density at radius 3 is 2.57 bits per heavy atom. The van der Waals surface area contributed by atoms with E-state index >= 15 is 0 Å². The van der Waals surface area contributed by atoms with E-state index in [1.807, 2.05) is 43.9 Å². The van der Waals surface area contributed by atoms with Crippen LogP contribution in [0.1, 0.15) is 39.2 Å². The van der Waals surface area contributed by atoms with Gasteiger partial charge in [-0.15, -0.1) is 0 Å². The summed E-state index contributed by atoms with van der Waals surface area (Å²) < 4.78 is 5.47. The lowest BCUT2D eigenvalue weighted by molar-refractivity contribution is 0.0191. The highest BCUT2D eigenvalue weighted by atomic mass is 16.6. The predicted octanol–water partition coefficient (Wildman–Crippen LogP) is 4.35. The number of likely N-dealkylation sites (tertiary alicyclic amines) is 1. The van der Waals surface area contributed by atoms with Crippen molar-refractivity contribution in [3.63, 3.8) is 0 Å². The molecule has 1 aliphatic rings. The quantitative estimate of drug-likeness (QED) is 0.809. The second-order valence-electron chi connectivity index (χ2n) is 6.66. The number of benzene rings is 1. The molecule has 1 aromatic carbocycles. The Balaban J connectivity index is 2.01. The van der Waals surface area contributed by atoms with Crippen molar-refractivity contribution in [1.29, 1.82) is 0 Å². The molecule has 0 spiro atoms. The second-order valence-corrected chi connectivity index (χ2v) is 6.66. The smallest absolute Gasteiger partial charge is 0.410 e. The topological polar surface area (TPSA) is 29.5 Å². The van der Waals surface area contributed by atoms with Gasteiger partial charge in [-0.1, -0.05) is 36.9 Å². The fourth-order valence-electron chi connectivity index (χ4n) is 2.64. The standard InChI is InChI=1S/C18H25NO2/c1-14(15-9-6-5-7-10-15)16-11-8-12-19(13-16)17(20)21-18(2,3)4/h5-7,9-10,16H,1,8,11-13H2,2-4H3/t16-/m1/s1. The number of carbonyl (C=O) groups is 1. The van der Waals surface area contributed by atoms with Gasteiger partial charge >= 0.3 is 6.09 Å². The number of piperidine rings is 1. The lowest BCUT2D eigenvalue weighted by Gasteiger charge is -2.35. The molecule has 0 saturated carbocycles. The number of nitrogens with zero attached hydrogens (tertiary/aromatic N) is 1. The monoisotopic (exact) mass is 287 g/mol. The second kappa shape index (κ2) is 6.33. The Morgan fingerprint density at radius 1 is 1.29 bits per heavy atom. The van der Waals surface area contributed by atoms with Crippen LogP contribution < -0.4 is 0 Å². The van der Waals surface area contributed by atoms with Crippen LogP contribution >= 0.6 is 0 Å². The molecule has 1 amide bonds. The number of rotatable bonds is 2. The minimum atomic E-state index is -0.444. The molecule has 1 aromatic rings. The van der Waals surface area contributed by atoms with Crippen molar-refractivity contribution < 1.29 is 9.53 Å². The summed E-state index contributed by atoms with van der Waals surface area (Å²) in [6.45, 7) is 11.4. The summed E-state index contributed by atoms with van der Waals surface area (Å²) in [6, 6.07) is 10.2. The molecule has 0 radical (unpaired) electrons. The van der Waals surface area contributed by atoms with Crippen molar-refractivity contribution in [3.05, 3.63) is 42.5 Å². The van der Waals surface area contributed by atoms with Gasteiger partial charge in [-0.2, -0.15) is 0 Å². The van der Waals surface area contributed by atoms with Crippen molar-refractivity contribution >= 4 is 11.7 Å². The van der Waals surface area contributed by atoms with Gasteiger partial charge in [0.15, 0.2) is 0 Å². The lowest BCUT2D eigenvalue weighted by Crippen LogP contribution is -2.43. The van der Waals surface area contributed by atoms with Crippen LogP contribution in [0.5, 0.6) is 0 Å². The first-order valence-corrected chi connectivity index (χ1v) is 7.59. The molecule has 1 aliphatic heterocycles. The Morgan fingerprint density at radius 2 is 1.95 bits per heavy atom. The third kappa shape index (κ3) is 4.35. The van der Waals surface area contributed by atoms with E-state index in [0.717, 1.165) is 30.5 Å². The molecule has 1 atom stereocenters. The largest absolute Gasteiger partial charge is 0.444 e. The van der Waals surface area contributed by atoms with Gasteiger partial charge in [0.05, 0.1) is 0 Å². The molecule has 0 N–H and O–H groups in total. The Kier molecular flexibility index (Phi) is 4.71. The highest BCUT2D eigenvalue weighted by molar-refractivity contribution is 5.70. The number of hydrogen-bond acceptors (Lipinski definition) is 2. The van der Waals surface area contributed by atoms with Crippen molar-refractivity contribution in [2.45, 2.75) is 39.2 Å². The van der Waals surface area contributed by atoms with Gasteiger partial charge in [-0.3, -0.25) is 0 Å². The van der Waals surface area contributed by atoms with Gasteiger partial charge in [0, 0.05) is 19.0 Å². The normalized spacial score (nSPS) is 19.2. The average molecular weight is 287 g/mol. The van der Waals surface area contributed by atoms with E-state index in [0.29, 0.717) is 12.5 Å². The van der Waals surface area contributed by atoms with Crippen LogP contribution in [0.25, 0.3) is 5.57 Å². The molecular formula is C18H25NO2. The van der Waals surface area contributed by atoms with Gasteiger partial charge in [0.1, 0.15) is 5.60 Å². The number of carbonyl (C=O) groups excluding carboxylic acids is 1. The van der Waals surface area contributed by atoms with Gasteiger partial charge in [0.25, 0.3) is 0 Å². The highest BCUT2D eigenvalue weighted by Crippen LogP contribution is 2.30. The van der Waals surface area contributed by atoms with E-state index in [-0.39, 0.29) is 6.09 Å². The highest BCUT2D eigenvalue weighted by Gasteiger charge is 2.28. The fourth-order valence-corrected chi connectivity index (χ4v) is 2.64. The number of hydrogen-bond donors (Lipinski definition) is 0. The molecule has 1 fully saturated rings. The van der Waals surface area contributed by atoms with E-state index in [1.165, 1.54) is 0 Å². The molecule has 0 aromatic heterocycles. The van der Waals surface area contributed by atoms with E-state index in [2.05, 4.69) is 18.7 Å². The van der Waals surface area contributed by atoms with Gasteiger partial charge < -0.3 is 9.64 Å². The Bertz CT molecular complexity index is 502. The predicted molar refractivity (Wildman–Crippen MR) is 86.0 cm³/mol. The molecule has 0 aliphatic carbocycles.